The first-order valence-corrected chi connectivity index (χ1v) is 8.23. The van der Waals surface area contributed by atoms with Gasteiger partial charge in [0.15, 0.2) is 0 Å². The number of hydrogen-bond donors (Lipinski definition) is 1. The summed E-state index contributed by atoms with van der Waals surface area (Å²) in [6.45, 7) is 3.11. The number of methoxy groups -OCH3 is 2. The fourth-order valence-electron chi connectivity index (χ4n) is 2.90. The van der Waals surface area contributed by atoms with E-state index in [9.17, 15) is 4.79 Å². The van der Waals surface area contributed by atoms with Crippen molar-refractivity contribution in [3.63, 3.8) is 0 Å². The van der Waals surface area contributed by atoms with E-state index in [1.807, 2.05) is 31.3 Å². The number of aromatic amines is 1. The van der Waals surface area contributed by atoms with Crippen molar-refractivity contribution in [2.45, 2.75) is 13.5 Å². The van der Waals surface area contributed by atoms with E-state index < -0.39 is 0 Å². The summed E-state index contributed by atoms with van der Waals surface area (Å²) in [6.07, 6.45) is 1.91. The maximum atomic E-state index is 13.0. The van der Waals surface area contributed by atoms with E-state index in [4.69, 9.17) is 9.47 Å². The Kier molecular flexibility index (Phi) is 4.93. The highest BCUT2D eigenvalue weighted by atomic mass is 16.5. The maximum Gasteiger partial charge on any atom is 0.258 e. The molecule has 25 heavy (non-hydrogen) atoms. The number of carbonyl (C=O) groups is 1. The zero-order valence-corrected chi connectivity index (χ0v) is 14.7. The van der Waals surface area contributed by atoms with Gasteiger partial charge in [-0.2, -0.15) is 0 Å². The van der Waals surface area contributed by atoms with Gasteiger partial charge in [-0.1, -0.05) is 6.07 Å². The molecule has 0 spiro atoms. The highest BCUT2D eigenvalue weighted by Gasteiger charge is 2.20. The van der Waals surface area contributed by atoms with Crippen LogP contribution in [0, 0.1) is 0 Å². The van der Waals surface area contributed by atoms with E-state index in [0.717, 1.165) is 16.5 Å². The molecule has 0 aliphatic carbocycles. The molecule has 0 bridgehead atoms. The summed E-state index contributed by atoms with van der Waals surface area (Å²) in [4.78, 5) is 18.0. The number of carbonyl (C=O) groups excluding carboxylic acids is 1. The van der Waals surface area contributed by atoms with Gasteiger partial charge in [0, 0.05) is 24.8 Å². The van der Waals surface area contributed by atoms with Gasteiger partial charge in [0.25, 0.3) is 5.91 Å². The van der Waals surface area contributed by atoms with Crippen molar-refractivity contribution < 1.29 is 14.3 Å². The lowest BCUT2D eigenvalue weighted by Crippen LogP contribution is -2.30. The second kappa shape index (κ2) is 7.30. The summed E-state index contributed by atoms with van der Waals surface area (Å²) < 4.78 is 10.6. The third kappa shape index (κ3) is 3.45. The lowest BCUT2D eigenvalue weighted by molar-refractivity contribution is 0.0749. The summed E-state index contributed by atoms with van der Waals surface area (Å²) in [5, 5.41) is 1.14. The molecule has 5 heteroatoms. The van der Waals surface area contributed by atoms with Crippen LogP contribution in [0.3, 0.4) is 0 Å². The number of ether oxygens (including phenoxy) is 2. The molecule has 0 radical (unpaired) electrons. The van der Waals surface area contributed by atoms with Gasteiger partial charge in [0.05, 0.1) is 19.8 Å². The summed E-state index contributed by atoms with van der Waals surface area (Å²) >= 11 is 0. The van der Waals surface area contributed by atoms with Crippen molar-refractivity contribution in [2.75, 3.05) is 20.8 Å². The van der Waals surface area contributed by atoms with Gasteiger partial charge in [-0.25, -0.2) is 0 Å². The molecule has 0 atom stereocenters. The molecule has 0 fully saturated rings. The third-order valence-corrected chi connectivity index (χ3v) is 4.30. The number of H-pyrrole nitrogens is 1. The smallest absolute Gasteiger partial charge is 0.258 e. The summed E-state index contributed by atoms with van der Waals surface area (Å²) in [7, 11) is 3.15. The van der Waals surface area contributed by atoms with Gasteiger partial charge < -0.3 is 19.4 Å². The molecule has 130 valence electrons. The number of hydrogen-bond acceptors (Lipinski definition) is 3. The molecule has 0 saturated carbocycles. The van der Waals surface area contributed by atoms with Gasteiger partial charge in [-0.05, 0) is 54.3 Å². The van der Waals surface area contributed by atoms with E-state index in [-0.39, 0.29) is 5.91 Å². The number of amides is 1. The topological polar surface area (TPSA) is 54.6 Å². The average Bonchev–Trinajstić information content (AvgIpc) is 3.12. The van der Waals surface area contributed by atoms with Crippen LogP contribution >= 0.6 is 0 Å². The number of nitrogens with zero attached hydrogens (tertiary/aromatic N) is 1. The van der Waals surface area contributed by atoms with Crippen LogP contribution in [0.4, 0.5) is 0 Å². The van der Waals surface area contributed by atoms with Crippen molar-refractivity contribution >= 4 is 16.8 Å². The Balaban J connectivity index is 1.88. The molecule has 3 rings (SSSR count). The van der Waals surface area contributed by atoms with Gasteiger partial charge >= 0.3 is 0 Å². The standard InChI is InChI=1S/C20H22N2O3/c1-4-22(13-14-5-7-18-15(11-14)9-10-21-18)20(23)17-12-16(24-2)6-8-19(17)25-3/h5-12,21H,4,13H2,1-3H3. The Bertz CT molecular complexity index is 886. The number of aromatic nitrogens is 1. The minimum atomic E-state index is -0.0765. The van der Waals surface area contributed by atoms with Crippen LogP contribution in [0.2, 0.25) is 0 Å². The molecule has 1 amide bonds. The van der Waals surface area contributed by atoms with Gasteiger partial charge in [0.2, 0.25) is 0 Å². The predicted octanol–water partition coefficient (Wildman–Crippen LogP) is 3.85. The molecule has 0 saturated heterocycles. The van der Waals surface area contributed by atoms with E-state index >= 15 is 0 Å². The second-order valence-electron chi connectivity index (χ2n) is 5.78. The summed E-state index contributed by atoms with van der Waals surface area (Å²) in [5.74, 6) is 1.10. The first kappa shape index (κ1) is 16.9. The van der Waals surface area contributed by atoms with Crippen LogP contribution in [0.25, 0.3) is 10.9 Å². The SMILES string of the molecule is CCN(Cc1ccc2[nH]ccc2c1)C(=O)c1cc(OC)ccc1OC. The lowest BCUT2D eigenvalue weighted by Gasteiger charge is -2.22. The molecule has 0 aliphatic heterocycles. The van der Waals surface area contributed by atoms with Crippen LogP contribution in [-0.4, -0.2) is 36.6 Å². The van der Waals surface area contributed by atoms with Gasteiger partial charge in [-0.15, -0.1) is 0 Å². The average molecular weight is 338 g/mol. The van der Waals surface area contributed by atoms with E-state index in [2.05, 4.69) is 11.1 Å². The molecular weight excluding hydrogens is 316 g/mol. The number of benzene rings is 2. The van der Waals surface area contributed by atoms with E-state index in [0.29, 0.717) is 30.2 Å². The fraction of sp³-hybridized carbons (Fsp3) is 0.250. The molecule has 0 unspecified atom stereocenters. The minimum absolute atomic E-state index is 0.0765. The quantitative estimate of drug-likeness (QED) is 0.743. The molecule has 1 heterocycles. The van der Waals surface area contributed by atoms with Gasteiger partial charge in [-0.3, -0.25) is 4.79 Å². The van der Waals surface area contributed by atoms with E-state index in [1.165, 1.54) is 0 Å². The van der Waals surface area contributed by atoms with Crippen LogP contribution in [0.1, 0.15) is 22.8 Å². The van der Waals surface area contributed by atoms with Crippen molar-refractivity contribution in [1.29, 1.82) is 0 Å². The maximum absolute atomic E-state index is 13.0. The zero-order chi connectivity index (χ0) is 17.8. The van der Waals surface area contributed by atoms with Crippen LogP contribution < -0.4 is 9.47 Å². The van der Waals surface area contributed by atoms with Crippen molar-refractivity contribution in [2.24, 2.45) is 0 Å². The lowest BCUT2D eigenvalue weighted by atomic mass is 10.1. The van der Waals surface area contributed by atoms with Crippen molar-refractivity contribution in [1.82, 2.24) is 9.88 Å². The van der Waals surface area contributed by atoms with Crippen LogP contribution in [0.5, 0.6) is 11.5 Å². The molecule has 2 aromatic carbocycles. The third-order valence-electron chi connectivity index (χ3n) is 4.30. The Labute approximate surface area is 147 Å². The Morgan fingerprint density at radius 3 is 2.64 bits per heavy atom. The molecule has 5 nitrogen and oxygen atoms in total. The summed E-state index contributed by atoms with van der Waals surface area (Å²) in [5.41, 5.74) is 2.68. The minimum Gasteiger partial charge on any atom is -0.497 e. The second-order valence-corrected chi connectivity index (χ2v) is 5.78. The number of nitrogens with one attached hydrogen (secondary N) is 1. The Hall–Kier alpha value is -2.95. The highest BCUT2D eigenvalue weighted by Crippen LogP contribution is 2.26. The molecule has 3 aromatic rings. The van der Waals surface area contributed by atoms with Crippen molar-refractivity contribution in [3.05, 3.63) is 59.8 Å². The van der Waals surface area contributed by atoms with Gasteiger partial charge in [0.1, 0.15) is 11.5 Å². The van der Waals surface area contributed by atoms with Crippen LogP contribution in [0.15, 0.2) is 48.7 Å². The molecule has 0 aliphatic rings. The normalized spacial score (nSPS) is 10.7. The largest absolute Gasteiger partial charge is 0.497 e. The number of rotatable bonds is 6. The predicted molar refractivity (Wildman–Crippen MR) is 98.3 cm³/mol. The Morgan fingerprint density at radius 2 is 1.92 bits per heavy atom. The van der Waals surface area contributed by atoms with Crippen molar-refractivity contribution in [3.8, 4) is 11.5 Å². The van der Waals surface area contributed by atoms with Crippen LogP contribution in [-0.2, 0) is 6.54 Å². The zero-order valence-electron chi connectivity index (χ0n) is 14.7. The molecular formula is C20H22N2O3. The molecule has 1 N–H and O–H groups in total. The highest BCUT2D eigenvalue weighted by molar-refractivity contribution is 5.97. The molecule has 1 aromatic heterocycles. The fourth-order valence-corrected chi connectivity index (χ4v) is 2.90. The monoisotopic (exact) mass is 338 g/mol. The number of fused-ring (bicyclic) bond motifs is 1. The van der Waals surface area contributed by atoms with E-state index in [1.54, 1.807) is 37.3 Å². The first-order valence-electron chi connectivity index (χ1n) is 8.23. The summed E-state index contributed by atoms with van der Waals surface area (Å²) in [6, 6.07) is 13.5. The Morgan fingerprint density at radius 1 is 1.08 bits per heavy atom. The first-order chi connectivity index (χ1) is 12.2.